The summed E-state index contributed by atoms with van der Waals surface area (Å²) in [5, 5.41) is 3.20. The summed E-state index contributed by atoms with van der Waals surface area (Å²) >= 11 is 0. The first-order valence-corrected chi connectivity index (χ1v) is 8.75. The predicted molar refractivity (Wildman–Crippen MR) is 111 cm³/mol. The number of carbonyl (C=O) groups is 1. The van der Waals surface area contributed by atoms with Crippen molar-refractivity contribution >= 4 is 30.7 Å². The van der Waals surface area contributed by atoms with Gasteiger partial charge in [0.1, 0.15) is 17.6 Å². The topological polar surface area (TPSA) is 82.2 Å². The zero-order valence-corrected chi connectivity index (χ0v) is 17.3. The van der Waals surface area contributed by atoms with Gasteiger partial charge in [0.05, 0.1) is 7.11 Å². The maximum Gasteiger partial charge on any atom is 0.224 e. The van der Waals surface area contributed by atoms with Crippen LogP contribution in [0.3, 0.4) is 0 Å². The number of imidazole rings is 1. The molecule has 1 aromatic carbocycles. The van der Waals surface area contributed by atoms with Gasteiger partial charge < -0.3 is 20.4 Å². The SMILES string of the molecule is COc1ccc(C(NC(=O)[C@@H]2CCC[C@@H]2CN)c2nccn2C)cc1.Cl.Cl. The summed E-state index contributed by atoms with van der Waals surface area (Å²) in [6, 6.07) is 7.43. The third-order valence-corrected chi connectivity index (χ3v) is 5.15. The predicted octanol–water partition coefficient (Wildman–Crippen LogP) is 2.85. The summed E-state index contributed by atoms with van der Waals surface area (Å²) < 4.78 is 7.17. The van der Waals surface area contributed by atoms with Crippen molar-refractivity contribution < 1.29 is 9.53 Å². The molecule has 0 spiro atoms. The Bertz CT molecular complexity index is 721. The molecule has 1 aliphatic rings. The van der Waals surface area contributed by atoms with E-state index in [1.54, 1.807) is 13.3 Å². The lowest BCUT2D eigenvalue weighted by Crippen LogP contribution is -2.38. The molecule has 0 saturated heterocycles. The van der Waals surface area contributed by atoms with Crippen LogP contribution in [-0.4, -0.2) is 29.1 Å². The van der Waals surface area contributed by atoms with Crippen LogP contribution in [-0.2, 0) is 11.8 Å². The van der Waals surface area contributed by atoms with E-state index in [-0.39, 0.29) is 48.6 Å². The Morgan fingerprint density at radius 1 is 1.33 bits per heavy atom. The van der Waals surface area contributed by atoms with E-state index in [9.17, 15) is 4.79 Å². The monoisotopic (exact) mass is 414 g/mol. The molecule has 27 heavy (non-hydrogen) atoms. The van der Waals surface area contributed by atoms with E-state index in [4.69, 9.17) is 10.5 Å². The molecule has 1 unspecified atom stereocenters. The van der Waals surface area contributed by atoms with Crippen molar-refractivity contribution in [3.05, 3.63) is 48.0 Å². The number of methoxy groups -OCH3 is 1. The van der Waals surface area contributed by atoms with Gasteiger partial charge in [0.2, 0.25) is 5.91 Å². The number of aromatic nitrogens is 2. The van der Waals surface area contributed by atoms with Gasteiger partial charge >= 0.3 is 0 Å². The average molecular weight is 415 g/mol. The standard InChI is InChI=1S/C19H26N4O2.2ClH/c1-23-11-10-21-18(23)17(13-6-8-15(25-2)9-7-13)22-19(24)16-5-3-4-14(16)12-20;;/h6-11,14,16-17H,3-5,12,20H2,1-2H3,(H,22,24);2*1H/t14-,16-,17?;;/m1../s1. The molecular formula is C19H28Cl2N4O2. The zero-order valence-electron chi connectivity index (χ0n) is 15.6. The Kier molecular flexibility index (Phi) is 9.09. The Labute approximate surface area is 172 Å². The fourth-order valence-electron chi connectivity index (χ4n) is 3.66. The molecule has 3 rings (SSSR count). The first-order chi connectivity index (χ1) is 12.1. The van der Waals surface area contributed by atoms with Crippen molar-refractivity contribution in [3.8, 4) is 5.75 Å². The summed E-state index contributed by atoms with van der Waals surface area (Å²) in [7, 11) is 3.57. The largest absolute Gasteiger partial charge is 0.497 e. The van der Waals surface area contributed by atoms with Crippen LogP contribution in [0.1, 0.15) is 36.7 Å². The second-order valence-electron chi connectivity index (χ2n) is 6.64. The van der Waals surface area contributed by atoms with Gasteiger partial charge in [0, 0.05) is 25.4 Å². The van der Waals surface area contributed by atoms with Crippen LogP contribution in [0.5, 0.6) is 5.75 Å². The van der Waals surface area contributed by atoms with Crippen molar-refractivity contribution in [1.82, 2.24) is 14.9 Å². The van der Waals surface area contributed by atoms with Crippen LogP contribution in [0.25, 0.3) is 0 Å². The quantitative estimate of drug-likeness (QED) is 0.760. The molecule has 0 radical (unpaired) electrons. The molecule has 2 aromatic rings. The summed E-state index contributed by atoms with van der Waals surface area (Å²) in [6.45, 7) is 0.563. The maximum absolute atomic E-state index is 12.9. The van der Waals surface area contributed by atoms with E-state index in [1.807, 2.05) is 42.1 Å². The summed E-state index contributed by atoms with van der Waals surface area (Å²) in [5.74, 6) is 1.93. The third-order valence-electron chi connectivity index (χ3n) is 5.15. The van der Waals surface area contributed by atoms with Gasteiger partial charge in [0.25, 0.3) is 0 Å². The molecular weight excluding hydrogens is 387 g/mol. The molecule has 8 heteroatoms. The van der Waals surface area contributed by atoms with Gasteiger partial charge in [-0.15, -0.1) is 24.8 Å². The van der Waals surface area contributed by atoms with Crippen LogP contribution in [0.2, 0.25) is 0 Å². The summed E-state index contributed by atoms with van der Waals surface area (Å²) in [5.41, 5.74) is 6.82. The minimum absolute atomic E-state index is 0. The molecule has 1 aliphatic carbocycles. The zero-order chi connectivity index (χ0) is 17.8. The van der Waals surface area contributed by atoms with Gasteiger partial charge in [-0.3, -0.25) is 4.79 Å². The lowest BCUT2D eigenvalue weighted by Gasteiger charge is -2.23. The Hall–Kier alpha value is -1.76. The number of hydrogen-bond acceptors (Lipinski definition) is 4. The summed E-state index contributed by atoms with van der Waals surface area (Å²) in [4.78, 5) is 17.3. The smallest absolute Gasteiger partial charge is 0.224 e. The Morgan fingerprint density at radius 2 is 2.04 bits per heavy atom. The second-order valence-corrected chi connectivity index (χ2v) is 6.64. The molecule has 1 saturated carbocycles. The molecule has 6 nitrogen and oxygen atoms in total. The number of amides is 1. The molecule has 1 heterocycles. The van der Waals surface area contributed by atoms with Crippen LogP contribution < -0.4 is 15.8 Å². The van der Waals surface area contributed by atoms with Crippen molar-refractivity contribution in [1.29, 1.82) is 0 Å². The van der Waals surface area contributed by atoms with Gasteiger partial charge in [-0.1, -0.05) is 18.6 Å². The van der Waals surface area contributed by atoms with Crippen LogP contribution in [0.15, 0.2) is 36.7 Å². The number of hydrogen-bond donors (Lipinski definition) is 2. The van der Waals surface area contributed by atoms with Gasteiger partial charge in [-0.05, 0) is 43.0 Å². The molecule has 1 fully saturated rings. The second kappa shape index (κ2) is 10.5. The summed E-state index contributed by atoms with van der Waals surface area (Å²) in [6.07, 6.45) is 6.63. The molecule has 150 valence electrons. The highest BCUT2D eigenvalue weighted by Crippen LogP contribution is 2.32. The number of nitrogens with one attached hydrogen (secondary N) is 1. The first-order valence-electron chi connectivity index (χ1n) is 8.75. The van der Waals surface area contributed by atoms with E-state index < -0.39 is 0 Å². The normalized spacial score (nSPS) is 19.5. The third kappa shape index (κ3) is 5.15. The van der Waals surface area contributed by atoms with Crippen molar-refractivity contribution in [2.75, 3.05) is 13.7 Å². The lowest BCUT2D eigenvalue weighted by molar-refractivity contribution is -0.126. The number of aryl methyl sites for hydroxylation is 1. The van der Waals surface area contributed by atoms with Crippen molar-refractivity contribution in [2.24, 2.45) is 24.6 Å². The average Bonchev–Trinajstić information content (AvgIpc) is 3.28. The number of nitrogens with two attached hydrogens (primary N) is 1. The van der Waals surface area contributed by atoms with Crippen molar-refractivity contribution in [2.45, 2.75) is 25.3 Å². The number of nitrogens with zero attached hydrogens (tertiary/aromatic N) is 2. The minimum Gasteiger partial charge on any atom is -0.497 e. The van der Waals surface area contributed by atoms with Crippen LogP contribution in [0.4, 0.5) is 0 Å². The number of benzene rings is 1. The van der Waals surface area contributed by atoms with Crippen LogP contribution in [0, 0.1) is 11.8 Å². The molecule has 3 atom stereocenters. The highest BCUT2D eigenvalue weighted by molar-refractivity contribution is 5.85. The number of carbonyl (C=O) groups excluding carboxylic acids is 1. The van der Waals surface area contributed by atoms with Crippen molar-refractivity contribution in [3.63, 3.8) is 0 Å². The molecule has 1 amide bonds. The van der Waals surface area contributed by atoms with Crippen LogP contribution >= 0.6 is 24.8 Å². The lowest BCUT2D eigenvalue weighted by atomic mass is 9.94. The molecule has 1 aromatic heterocycles. The number of halogens is 2. The van der Waals surface area contributed by atoms with E-state index in [0.29, 0.717) is 6.54 Å². The van der Waals surface area contributed by atoms with E-state index in [1.165, 1.54) is 0 Å². The van der Waals surface area contributed by atoms with Gasteiger partial charge in [-0.2, -0.15) is 0 Å². The van der Waals surface area contributed by atoms with E-state index >= 15 is 0 Å². The first kappa shape index (κ1) is 23.3. The Morgan fingerprint density at radius 3 is 2.59 bits per heavy atom. The fourth-order valence-corrected chi connectivity index (χ4v) is 3.66. The highest BCUT2D eigenvalue weighted by atomic mass is 35.5. The highest BCUT2D eigenvalue weighted by Gasteiger charge is 2.34. The molecule has 0 bridgehead atoms. The minimum atomic E-state index is -0.294. The number of rotatable bonds is 6. The number of ether oxygens (including phenoxy) is 1. The van der Waals surface area contributed by atoms with Gasteiger partial charge in [-0.25, -0.2) is 4.98 Å². The van der Waals surface area contributed by atoms with Gasteiger partial charge in [0.15, 0.2) is 0 Å². The van der Waals surface area contributed by atoms with E-state index in [2.05, 4.69) is 10.3 Å². The fraction of sp³-hybridized carbons (Fsp3) is 0.474. The Balaban J connectivity index is 0.00000182. The van der Waals surface area contributed by atoms with E-state index in [0.717, 1.165) is 36.4 Å². The maximum atomic E-state index is 12.9. The molecule has 0 aliphatic heterocycles. The molecule has 3 N–H and O–H groups in total.